The number of benzene rings is 2. The summed E-state index contributed by atoms with van der Waals surface area (Å²) in [7, 11) is 1.67. The third-order valence-corrected chi connectivity index (χ3v) is 5.94. The largest absolute Gasteiger partial charge is 0.453 e. The Hall–Kier alpha value is -3.63. The number of nitrogen functional groups attached to an aromatic ring is 1. The molecule has 0 bridgehead atoms. The lowest BCUT2D eigenvalue weighted by Crippen LogP contribution is -2.30. The van der Waals surface area contributed by atoms with E-state index in [1.807, 2.05) is 13.8 Å². The molecule has 0 aliphatic rings. The summed E-state index contributed by atoms with van der Waals surface area (Å²) >= 11 is 12.2. The van der Waals surface area contributed by atoms with Gasteiger partial charge in [-0.3, -0.25) is 9.48 Å². The number of hydrogen-bond acceptors (Lipinski definition) is 7. The molecular formula is C24H23Cl2FN6O3. The van der Waals surface area contributed by atoms with Gasteiger partial charge < -0.3 is 19.8 Å². The van der Waals surface area contributed by atoms with Crippen LogP contribution in [0.5, 0.6) is 11.5 Å². The summed E-state index contributed by atoms with van der Waals surface area (Å²) < 4.78 is 28.2. The third kappa shape index (κ3) is 5.29. The molecular weight excluding hydrogens is 510 g/mol. The number of aromatic nitrogens is 4. The number of amides is 1. The first kappa shape index (κ1) is 25.5. The number of halogens is 3. The van der Waals surface area contributed by atoms with E-state index in [0.29, 0.717) is 29.5 Å². The monoisotopic (exact) mass is 532 g/mol. The van der Waals surface area contributed by atoms with Crippen molar-refractivity contribution < 1.29 is 18.3 Å². The first-order valence-electron chi connectivity index (χ1n) is 11.1. The molecule has 0 aliphatic heterocycles. The fourth-order valence-corrected chi connectivity index (χ4v) is 4.02. The van der Waals surface area contributed by atoms with Crippen molar-refractivity contribution in [2.75, 3.05) is 18.8 Å². The van der Waals surface area contributed by atoms with E-state index in [-0.39, 0.29) is 51.9 Å². The van der Waals surface area contributed by atoms with Gasteiger partial charge >= 0.3 is 0 Å². The summed E-state index contributed by atoms with van der Waals surface area (Å²) in [5, 5.41) is 12.8. The number of aryl methyl sites for hydroxylation is 1. The lowest BCUT2D eigenvalue weighted by atomic mass is 10.1. The Labute approximate surface area is 216 Å². The summed E-state index contributed by atoms with van der Waals surface area (Å²) in [6.07, 6.45) is -0.0207. The minimum Gasteiger partial charge on any atom is -0.453 e. The van der Waals surface area contributed by atoms with E-state index in [9.17, 15) is 4.79 Å². The van der Waals surface area contributed by atoms with E-state index in [2.05, 4.69) is 15.3 Å². The van der Waals surface area contributed by atoms with Crippen molar-refractivity contribution in [1.82, 2.24) is 24.9 Å². The van der Waals surface area contributed by atoms with Gasteiger partial charge in [0, 0.05) is 48.5 Å². The van der Waals surface area contributed by atoms with Crippen molar-refractivity contribution >= 4 is 34.8 Å². The molecule has 2 heterocycles. The Balaban J connectivity index is 1.57. The summed E-state index contributed by atoms with van der Waals surface area (Å²) in [5.74, 6) is -0.515. The molecule has 0 spiro atoms. The van der Waals surface area contributed by atoms with E-state index in [1.165, 1.54) is 28.9 Å². The summed E-state index contributed by atoms with van der Waals surface area (Å²) in [5.41, 5.74) is 7.10. The zero-order valence-electron chi connectivity index (χ0n) is 19.8. The van der Waals surface area contributed by atoms with Crippen LogP contribution in [-0.4, -0.2) is 43.9 Å². The zero-order valence-corrected chi connectivity index (χ0v) is 21.3. The average Bonchev–Trinajstić information content (AvgIpc) is 3.45. The Morgan fingerprint density at radius 2 is 1.92 bits per heavy atom. The lowest BCUT2D eigenvalue weighted by Gasteiger charge is -2.16. The zero-order chi connectivity index (χ0) is 26.0. The molecule has 0 atom stereocenters. The minimum atomic E-state index is -0.687. The molecule has 4 rings (SSSR count). The molecule has 12 heteroatoms. The number of nitrogens with two attached hydrogens (primary N) is 1. The molecule has 2 aromatic heterocycles. The molecule has 0 fully saturated rings. The SMILES string of the molecule is CCN(CC)C(=O)c1cc(-c2nnc(Cc3ccc(Cl)c(Oc4cc(N)cc(Cl)c4)c3F)o2)n(C)n1. The summed E-state index contributed by atoms with van der Waals surface area (Å²) in [6.45, 7) is 4.92. The standard InChI is InChI=1S/C24H23Cl2FN6O3/c1-4-33(5-2)24(34)18-12-19(32(3)31-18)23-30-29-20(36-23)8-13-6-7-17(26)22(21(13)27)35-16-10-14(25)9-15(28)11-16/h6-7,9-12H,4-5,8,28H2,1-3H3. The van der Waals surface area contributed by atoms with Crippen molar-refractivity contribution in [3.8, 4) is 23.1 Å². The van der Waals surface area contributed by atoms with E-state index >= 15 is 4.39 Å². The van der Waals surface area contributed by atoms with Gasteiger partial charge in [-0.1, -0.05) is 29.3 Å². The normalized spacial score (nSPS) is 11.1. The van der Waals surface area contributed by atoms with E-state index < -0.39 is 5.82 Å². The maximum absolute atomic E-state index is 15.3. The van der Waals surface area contributed by atoms with Crippen LogP contribution in [0, 0.1) is 5.82 Å². The Bertz CT molecular complexity index is 1400. The highest BCUT2D eigenvalue weighted by atomic mass is 35.5. The second kappa shape index (κ2) is 10.5. The van der Waals surface area contributed by atoms with Gasteiger partial charge in [0.05, 0.1) is 11.4 Å². The Morgan fingerprint density at radius 1 is 1.17 bits per heavy atom. The Kier molecular flexibility index (Phi) is 7.46. The van der Waals surface area contributed by atoms with Crippen LogP contribution >= 0.6 is 23.2 Å². The average molecular weight is 533 g/mol. The smallest absolute Gasteiger partial charge is 0.274 e. The van der Waals surface area contributed by atoms with Crippen molar-refractivity contribution in [1.29, 1.82) is 0 Å². The van der Waals surface area contributed by atoms with Crippen LogP contribution in [0.2, 0.25) is 10.0 Å². The van der Waals surface area contributed by atoms with E-state index in [1.54, 1.807) is 24.1 Å². The molecule has 2 N–H and O–H groups in total. The van der Waals surface area contributed by atoms with Gasteiger partial charge in [0.2, 0.25) is 5.89 Å². The lowest BCUT2D eigenvalue weighted by molar-refractivity contribution is 0.0766. The van der Waals surface area contributed by atoms with Crippen LogP contribution in [-0.2, 0) is 13.5 Å². The molecule has 1 amide bonds. The highest BCUT2D eigenvalue weighted by Gasteiger charge is 2.22. The van der Waals surface area contributed by atoms with Gasteiger partial charge in [0.25, 0.3) is 11.8 Å². The number of rotatable bonds is 8. The minimum absolute atomic E-state index is 0.0207. The van der Waals surface area contributed by atoms with E-state index in [0.717, 1.165) is 0 Å². The highest BCUT2D eigenvalue weighted by molar-refractivity contribution is 6.32. The predicted molar refractivity (Wildman–Crippen MR) is 134 cm³/mol. The van der Waals surface area contributed by atoms with E-state index in [4.69, 9.17) is 38.1 Å². The van der Waals surface area contributed by atoms with Gasteiger partial charge in [-0.2, -0.15) is 5.10 Å². The molecule has 0 unspecified atom stereocenters. The number of hydrogen-bond donors (Lipinski definition) is 1. The molecule has 2 aromatic carbocycles. The van der Waals surface area contributed by atoms with Crippen LogP contribution in [0.25, 0.3) is 11.6 Å². The topological polar surface area (TPSA) is 112 Å². The van der Waals surface area contributed by atoms with Crippen molar-refractivity contribution in [2.24, 2.45) is 7.05 Å². The van der Waals surface area contributed by atoms with Gasteiger partial charge in [0.15, 0.2) is 17.3 Å². The molecule has 188 valence electrons. The number of ether oxygens (including phenoxy) is 1. The van der Waals surface area contributed by atoms with Crippen LogP contribution in [0.1, 0.15) is 35.8 Å². The molecule has 36 heavy (non-hydrogen) atoms. The number of nitrogens with zero attached hydrogens (tertiary/aromatic N) is 5. The first-order valence-corrected chi connectivity index (χ1v) is 11.8. The third-order valence-electron chi connectivity index (χ3n) is 5.42. The summed E-state index contributed by atoms with van der Waals surface area (Å²) in [6, 6.07) is 9.14. The number of carbonyl (C=O) groups excluding carboxylic acids is 1. The van der Waals surface area contributed by atoms with Gasteiger partial charge in [-0.05, 0) is 32.0 Å². The van der Waals surface area contributed by atoms with Crippen LogP contribution in [0.4, 0.5) is 10.1 Å². The molecule has 0 saturated carbocycles. The van der Waals surface area contributed by atoms with Crippen LogP contribution in [0.3, 0.4) is 0 Å². The van der Waals surface area contributed by atoms with Gasteiger partial charge in [0.1, 0.15) is 11.4 Å². The number of carbonyl (C=O) groups is 1. The molecule has 0 radical (unpaired) electrons. The van der Waals surface area contributed by atoms with Crippen molar-refractivity contribution in [2.45, 2.75) is 20.3 Å². The fourth-order valence-electron chi connectivity index (χ4n) is 3.60. The second-order valence-electron chi connectivity index (χ2n) is 7.87. The highest BCUT2D eigenvalue weighted by Crippen LogP contribution is 2.36. The predicted octanol–water partition coefficient (Wildman–Crippen LogP) is 5.36. The number of anilines is 1. The van der Waals surface area contributed by atoms with Crippen LogP contribution in [0.15, 0.2) is 40.8 Å². The first-order chi connectivity index (χ1) is 17.2. The van der Waals surface area contributed by atoms with Crippen molar-refractivity contribution in [3.63, 3.8) is 0 Å². The fraction of sp³-hybridized carbons (Fsp3) is 0.250. The van der Waals surface area contributed by atoms with Crippen LogP contribution < -0.4 is 10.5 Å². The van der Waals surface area contributed by atoms with Gasteiger partial charge in [-0.25, -0.2) is 4.39 Å². The van der Waals surface area contributed by atoms with Crippen molar-refractivity contribution in [3.05, 3.63) is 69.4 Å². The maximum atomic E-state index is 15.3. The molecule has 4 aromatic rings. The quantitative estimate of drug-likeness (QED) is 0.303. The van der Waals surface area contributed by atoms with Gasteiger partial charge in [-0.15, -0.1) is 10.2 Å². The molecule has 0 saturated heterocycles. The molecule has 0 aliphatic carbocycles. The Morgan fingerprint density at radius 3 is 2.61 bits per heavy atom. The second-order valence-corrected chi connectivity index (χ2v) is 8.71. The molecule has 9 nitrogen and oxygen atoms in total. The maximum Gasteiger partial charge on any atom is 0.274 e. The summed E-state index contributed by atoms with van der Waals surface area (Å²) in [4.78, 5) is 14.3.